The van der Waals surface area contributed by atoms with E-state index in [-0.39, 0.29) is 17.7 Å². The lowest BCUT2D eigenvalue weighted by Gasteiger charge is -2.26. The molecule has 0 N–H and O–H groups in total. The lowest BCUT2D eigenvalue weighted by Crippen LogP contribution is -2.40. The molecule has 1 aromatic heterocycles. The first-order chi connectivity index (χ1) is 20.3. The van der Waals surface area contributed by atoms with Gasteiger partial charge in [0.2, 0.25) is 0 Å². The monoisotopic (exact) mass is 584 g/mol. The zero-order valence-corrected chi connectivity index (χ0v) is 24.3. The summed E-state index contributed by atoms with van der Waals surface area (Å²) in [5.74, 6) is 0.372. The standard InChI is InChI=1S/C32H28N2O7S/c1-5-40-31(37)27-28(21-9-7-6-8-10-21)33-32-34(29(27)22-13-16-24(38-3)25(18-22)39-4)30(36)26(42-32)17-20-11-14-23(15-12-20)41-19(2)35/h6-18,29H,5H2,1-4H3/b26-17-/t29-/m1/s1. The summed E-state index contributed by atoms with van der Waals surface area (Å²) in [6.07, 6.45) is 1.74. The summed E-state index contributed by atoms with van der Waals surface area (Å²) in [5, 5.41) is 0. The zero-order chi connectivity index (χ0) is 29.8. The van der Waals surface area contributed by atoms with Crippen LogP contribution in [0.15, 0.2) is 88.2 Å². The second-order valence-electron chi connectivity index (χ2n) is 9.21. The SMILES string of the molecule is CCOC(=O)C1=C(c2ccccc2)N=c2s/c(=C\c3ccc(OC(C)=O)cc3)c(=O)n2[C@@H]1c1ccc(OC)c(OC)c1. The fraction of sp³-hybridized carbons (Fsp3) is 0.188. The Hall–Kier alpha value is -4.96. The number of benzene rings is 3. The predicted molar refractivity (Wildman–Crippen MR) is 158 cm³/mol. The van der Waals surface area contributed by atoms with Crippen molar-refractivity contribution in [3.63, 3.8) is 0 Å². The van der Waals surface area contributed by atoms with E-state index in [4.69, 9.17) is 23.9 Å². The van der Waals surface area contributed by atoms with Crippen molar-refractivity contribution in [3.8, 4) is 17.2 Å². The van der Waals surface area contributed by atoms with E-state index in [1.807, 2.05) is 30.3 Å². The van der Waals surface area contributed by atoms with Gasteiger partial charge in [-0.2, -0.15) is 0 Å². The Bertz CT molecular complexity index is 1860. The summed E-state index contributed by atoms with van der Waals surface area (Å²) in [5.41, 5.74) is 2.40. The molecule has 0 spiro atoms. The normalized spacial score (nSPS) is 14.6. The third kappa shape index (κ3) is 5.61. The molecule has 0 radical (unpaired) electrons. The van der Waals surface area contributed by atoms with E-state index in [2.05, 4.69) is 0 Å². The molecule has 0 unspecified atom stereocenters. The van der Waals surface area contributed by atoms with Gasteiger partial charge in [0.1, 0.15) is 5.75 Å². The smallest absolute Gasteiger partial charge is 0.338 e. The second-order valence-corrected chi connectivity index (χ2v) is 10.2. The zero-order valence-electron chi connectivity index (χ0n) is 23.5. The van der Waals surface area contributed by atoms with Crippen LogP contribution in [0.1, 0.15) is 36.6 Å². The third-order valence-electron chi connectivity index (χ3n) is 6.54. The molecule has 0 saturated heterocycles. The molecule has 5 rings (SSSR count). The molecule has 1 aliphatic heterocycles. The largest absolute Gasteiger partial charge is 0.493 e. The summed E-state index contributed by atoms with van der Waals surface area (Å²) in [7, 11) is 3.06. The summed E-state index contributed by atoms with van der Waals surface area (Å²) >= 11 is 1.21. The minimum atomic E-state index is -0.858. The third-order valence-corrected chi connectivity index (χ3v) is 7.52. The Morgan fingerprint density at radius 1 is 0.976 bits per heavy atom. The molecule has 0 fully saturated rings. The topological polar surface area (TPSA) is 105 Å². The van der Waals surface area contributed by atoms with Gasteiger partial charge in [-0.05, 0) is 48.4 Å². The molecule has 42 heavy (non-hydrogen) atoms. The molecule has 214 valence electrons. The molecule has 0 bridgehead atoms. The number of methoxy groups -OCH3 is 2. The molecule has 2 heterocycles. The summed E-state index contributed by atoms with van der Waals surface area (Å²) in [6.45, 7) is 3.21. The first-order valence-electron chi connectivity index (χ1n) is 13.1. The molecule has 10 heteroatoms. The molecule has 0 saturated carbocycles. The number of carbonyl (C=O) groups is 2. The van der Waals surface area contributed by atoms with Crippen LogP contribution in [-0.2, 0) is 14.3 Å². The van der Waals surface area contributed by atoms with Crippen LogP contribution in [0.5, 0.6) is 17.2 Å². The van der Waals surface area contributed by atoms with Gasteiger partial charge in [0.25, 0.3) is 5.56 Å². The highest BCUT2D eigenvalue weighted by molar-refractivity contribution is 7.07. The Morgan fingerprint density at radius 2 is 1.69 bits per heavy atom. The van der Waals surface area contributed by atoms with Crippen molar-refractivity contribution in [3.05, 3.63) is 115 Å². The van der Waals surface area contributed by atoms with Crippen molar-refractivity contribution in [1.29, 1.82) is 0 Å². The lowest BCUT2D eigenvalue weighted by atomic mass is 9.93. The Balaban J connectivity index is 1.77. The molecule has 4 aromatic rings. The molecule has 0 amide bonds. The molecular formula is C32H28N2O7S. The van der Waals surface area contributed by atoms with Crippen molar-refractivity contribution in [2.75, 3.05) is 20.8 Å². The van der Waals surface area contributed by atoms with E-state index in [0.717, 1.165) is 5.56 Å². The van der Waals surface area contributed by atoms with Crippen molar-refractivity contribution in [2.45, 2.75) is 19.9 Å². The molecule has 1 aliphatic rings. The maximum absolute atomic E-state index is 14.0. The van der Waals surface area contributed by atoms with E-state index in [1.165, 1.54) is 37.0 Å². The summed E-state index contributed by atoms with van der Waals surface area (Å²) < 4.78 is 23.5. The highest BCUT2D eigenvalue weighted by Crippen LogP contribution is 2.38. The molecular weight excluding hydrogens is 556 g/mol. The minimum Gasteiger partial charge on any atom is -0.493 e. The van der Waals surface area contributed by atoms with E-state index in [0.29, 0.717) is 43.4 Å². The van der Waals surface area contributed by atoms with Crippen LogP contribution < -0.4 is 29.1 Å². The molecule has 1 atom stereocenters. The van der Waals surface area contributed by atoms with Gasteiger partial charge >= 0.3 is 11.9 Å². The average molecular weight is 585 g/mol. The van der Waals surface area contributed by atoms with Crippen molar-refractivity contribution < 1.29 is 28.5 Å². The minimum absolute atomic E-state index is 0.150. The number of ether oxygens (including phenoxy) is 4. The maximum atomic E-state index is 14.0. The van der Waals surface area contributed by atoms with Crippen LogP contribution in [0.2, 0.25) is 0 Å². The van der Waals surface area contributed by atoms with Crippen LogP contribution >= 0.6 is 11.3 Å². The number of fused-ring (bicyclic) bond motifs is 1. The van der Waals surface area contributed by atoms with E-state index >= 15 is 0 Å². The first kappa shape index (κ1) is 28.6. The number of nitrogens with zero attached hydrogens (tertiary/aromatic N) is 2. The fourth-order valence-electron chi connectivity index (χ4n) is 4.73. The van der Waals surface area contributed by atoms with E-state index < -0.39 is 18.0 Å². The number of hydrogen-bond donors (Lipinski definition) is 0. The number of carbonyl (C=O) groups excluding carboxylic acids is 2. The summed E-state index contributed by atoms with van der Waals surface area (Å²) in [4.78, 5) is 44.2. The van der Waals surface area contributed by atoms with Crippen LogP contribution in [0.4, 0.5) is 0 Å². The Labute approximate surface area is 245 Å². The maximum Gasteiger partial charge on any atom is 0.338 e. The number of rotatable bonds is 8. The second kappa shape index (κ2) is 12.3. The van der Waals surface area contributed by atoms with Crippen LogP contribution in [0.3, 0.4) is 0 Å². The Kier molecular flexibility index (Phi) is 8.35. The van der Waals surface area contributed by atoms with E-state index in [1.54, 1.807) is 55.5 Å². The Morgan fingerprint density at radius 3 is 2.33 bits per heavy atom. The van der Waals surface area contributed by atoms with Gasteiger partial charge in [-0.3, -0.25) is 14.2 Å². The summed E-state index contributed by atoms with van der Waals surface area (Å²) in [6, 6.07) is 20.6. The van der Waals surface area contributed by atoms with Gasteiger partial charge in [0.15, 0.2) is 16.3 Å². The number of aromatic nitrogens is 1. The van der Waals surface area contributed by atoms with Gasteiger partial charge in [-0.25, -0.2) is 9.79 Å². The van der Waals surface area contributed by atoms with E-state index in [9.17, 15) is 14.4 Å². The molecule has 0 aliphatic carbocycles. The van der Waals surface area contributed by atoms with Crippen LogP contribution in [-0.4, -0.2) is 37.3 Å². The average Bonchev–Trinajstić information content (AvgIpc) is 3.31. The molecule has 9 nitrogen and oxygen atoms in total. The van der Waals surface area contributed by atoms with Gasteiger partial charge in [-0.1, -0.05) is 59.9 Å². The van der Waals surface area contributed by atoms with Gasteiger partial charge in [-0.15, -0.1) is 0 Å². The first-order valence-corrected chi connectivity index (χ1v) is 13.9. The molecule has 3 aromatic carbocycles. The van der Waals surface area contributed by atoms with Gasteiger partial charge in [0, 0.05) is 12.5 Å². The fourth-order valence-corrected chi connectivity index (χ4v) is 5.73. The number of thiazole rings is 1. The number of esters is 2. The van der Waals surface area contributed by atoms with Crippen molar-refractivity contribution in [2.24, 2.45) is 4.99 Å². The van der Waals surface area contributed by atoms with Gasteiger partial charge in [0.05, 0.1) is 42.7 Å². The van der Waals surface area contributed by atoms with Gasteiger partial charge < -0.3 is 18.9 Å². The lowest BCUT2D eigenvalue weighted by molar-refractivity contribution is -0.139. The van der Waals surface area contributed by atoms with Crippen molar-refractivity contribution >= 4 is 35.0 Å². The highest BCUT2D eigenvalue weighted by atomic mass is 32.1. The quantitative estimate of drug-likeness (QED) is 0.229. The number of hydrogen-bond acceptors (Lipinski definition) is 9. The highest BCUT2D eigenvalue weighted by Gasteiger charge is 2.35. The van der Waals surface area contributed by atoms with Crippen LogP contribution in [0, 0.1) is 0 Å². The van der Waals surface area contributed by atoms with Crippen LogP contribution in [0.25, 0.3) is 11.8 Å². The van der Waals surface area contributed by atoms with Crippen molar-refractivity contribution in [1.82, 2.24) is 4.57 Å². The predicted octanol–water partition coefficient (Wildman–Crippen LogP) is 3.88.